The minimum absolute atomic E-state index is 0.214. The smallest absolute Gasteiger partial charge is 0.0485 e. The maximum atomic E-state index is 6.29. The molecule has 2 nitrogen and oxygen atoms in total. The van der Waals surface area contributed by atoms with Gasteiger partial charge in [-0.05, 0) is 36.6 Å². The molecule has 1 heterocycles. The van der Waals surface area contributed by atoms with E-state index in [1.54, 1.807) is 6.07 Å². The third-order valence-corrected chi connectivity index (χ3v) is 4.44. The highest BCUT2D eigenvalue weighted by molar-refractivity contribution is 6.35. The van der Waals surface area contributed by atoms with E-state index in [0.717, 1.165) is 29.6 Å². The Balaban J connectivity index is 2.18. The Morgan fingerprint density at radius 3 is 2.78 bits per heavy atom. The van der Waals surface area contributed by atoms with Crippen molar-refractivity contribution in [2.75, 3.05) is 19.6 Å². The lowest BCUT2D eigenvalue weighted by Gasteiger charge is -2.28. The third-order valence-electron chi connectivity index (χ3n) is 3.88. The summed E-state index contributed by atoms with van der Waals surface area (Å²) in [4.78, 5) is 2.45. The van der Waals surface area contributed by atoms with Crippen LogP contribution in [-0.4, -0.2) is 24.5 Å². The SMILES string of the molecule is CCC1CCN(C(CN)c2ccc(Cl)cc2Cl)C1. The summed E-state index contributed by atoms with van der Waals surface area (Å²) in [6.45, 7) is 5.08. The highest BCUT2D eigenvalue weighted by Crippen LogP contribution is 2.33. The van der Waals surface area contributed by atoms with Gasteiger partial charge in [0.1, 0.15) is 0 Å². The maximum absolute atomic E-state index is 6.29. The van der Waals surface area contributed by atoms with Crippen LogP contribution in [-0.2, 0) is 0 Å². The number of nitrogens with zero attached hydrogens (tertiary/aromatic N) is 1. The molecule has 1 fully saturated rings. The molecule has 0 radical (unpaired) electrons. The van der Waals surface area contributed by atoms with Crippen molar-refractivity contribution in [3.05, 3.63) is 33.8 Å². The van der Waals surface area contributed by atoms with Crippen molar-refractivity contribution in [2.24, 2.45) is 11.7 Å². The average molecular weight is 287 g/mol. The maximum Gasteiger partial charge on any atom is 0.0485 e. The van der Waals surface area contributed by atoms with E-state index >= 15 is 0 Å². The summed E-state index contributed by atoms with van der Waals surface area (Å²) in [5.74, 6) is 0.796. The molecule has 1 aliphatic rings. The van der Waals surface area contributed by atoms with Gasteiger partial charge in [-0.3, -0.25) is 4.90 Å². The second-order valence-corrected chi connectivity index (χ2v) is 5.82. The number of likely N-dealkylation sites (tertiary alicyclic amines) is 1. The largest absolute Gasteiger partial charge is 0.329 e. The molecule has 4 heteroatoms. The molecular weight excluding hydrogens is 267 g/mol. The van der Waals surface area contributed by atoms with Crippen LogP contribution in [0.1, 0.15) is 31.4 Å². The van der Waals surface area contributed by atoms with E-state index in [1.807, 2.05) is 12.1 Å². The first kappa shape index (κ1) is 14.1. The molecule has 2 atom stereocenters. The first-order valence-corrected chi connectivity index (χ1v) is 7.30. The molecule has 100 valence electrons. The zero-order valence-electron chi connectivity index (χ0n) is 10.7. The predicted octanol–water partition coefficient (Wildman–Crippen LogP) is 3.73. The first-order valence-electron chi connectivity index (χ1n) is 6.54. The van der Waals surface area contributed by atoms with Gasteiger partial charge in [-0.1, -0.05) is 42.6 Å². The van der Waals surface area contributed by atoms with E-state index < -0.39 is 0 Å². The van der Waals surface area contributed by atoms with Gasteiger partial charge in [0.05, 0.1) is 0 Å². The van der Waals surface area contributed by atoms with Crippen molar-refractivity contribution in [3.63, 3.8) is 0 Å². The lowest BCUT2D eigenvalue weighted by molar-refractivity contribution is 0.241. The molecule has 2 unspecified atom stereocenters. The van der Waals surface area contributed by atoms with E-state index in [0.29, 0.717) is 11.6 Å². The minimum atomic E-state index is 0.214. The molecule has 2 rings (SSSR count). The van der Waals surface area contributed by atoms with E-state index in [4.69, 9.17) is 28.9 Å². The van der Waals surface area contributed by atoms with Crippen molar-refractivity contribution in [2.45, 2.75) is 25.8 Å². The molecule has 0 saturated carbocycles. The normalized spacial score (nSPS) is 22.3. The highest BCUT2D eigenvalue weighted by Gasteiger charge is 2.28. The second-order valence-electron chi connectivity index (χ2n) is 4.98. The lowest BCUT2D eigenvalue weighted by atomic mass is 10.0. The molecule has 1 aromatic rings. The van der Waals surface area contributed by atoms with Crippen LogP contribution in [0.4, 0.5) is 0 Å². The van der Waals surface area contributed by atoms with Crippen LogP contribution < -0.4 is 5.73 Å². The van der Waals surface area contributed by atoms with Crippen molar-refractivity contribution in [1.82, 2.24) is 4.90 Å². The number of rotatable bonds is 4. The molecular formula is C14H20Cl2N2. The zero-order chi connectivity index (χ0) is 13.1. The molecule has 18 heavy (non-hydrogen) atoms. The van der Waals surface area contributed by atoms with Gasteiger partial charge in [0.2, 0.25) is 0 Å². The summed E-state index contributed by atoms with van der Waals surface area (Å²) in [5, 5.41) is 1.39. The quantitative estimate of drug-likeness (QED) is 0.914. The van der Waals surface area contributed by atoms with E-state index in [1.165, 1.54) is 12.8 Å². The Morgan fingerprint density at radius 2 is 2.22 bits per heavy atom. The molecule has 1 aromatic carbocycles. The van der Waals surface area contributed by atoms with E-state index in [9.17, 15) is 0 Å². The number of nitrogens with two attached hydrogens (primary N) is 1. The van der Waals surface area contributed by atoms with Gasteiger partial charge in [-0.15, -0.1) is 0 Å². The van der Waals surface area contributed by atoms with Crippen molar-refractivity contribution in [1.29, 1.82) is 0 Å². The van der Waals surface area contributed by atoms with Gasteiger partial charge in [0.15, 0.2) is 0 Å². The van der Waals surface area contributed by atoms with E-state index in [2.05, 4.69) is 11.8 Å². The topological polar surface area (TPSA) is 29.3 Å². The van der Waals surface area contributed by atoms with Crippen LogP contribution in [0.2, 0.25) is 10.0 Å². The molecule has 0 amide bonds. The average Bonchev–Trinajstić information content (AvgIpc) is 2.81. The summed E-state index contributed by atoms with van der Waals surface area (Å²) in [6, 6.07) is 5.90. The van der Waals surface area contributed by atoms with Crippen LogP contribution in [0.3, 0.4) is 0 Å². The summed E-state index contributed by atoms with van der Waals surface area (Å²) >= 11 is 12.2. The molecule has 0 bridgehead atoms. The molecule has 0 aromatic heterocycles. The van der Waals surface area contributed by atoms with E-state index in [-0.39, 0.29) is 6.04 Å². The monoisotopic (exact) mass is 286 g/mol. The fraction of sp³-hybridized carbons (Fsp3) is 0.571. The van der Waals surface area contributed by atoms with Crippen molar-refractivity contribution >= 4 is 23.2 Å². The van der Waals surface area contributed by atoms with Crippen LogP contribution in [0.25, 0.3) is 0 Å². The van der Waals surface area contributed by atoms with Gasteiger partial charge in [0, 0.05) is 29.2 Å². The van der Waals surface area contributed by atoms with Crippen LogP contribution in [0.5, 0.6) is 0 Å². The molecule has 0 spiro atoms. The Labute approximate surface area is 119 Å². The Hall–Kier alpha value is -0.280. The van der Waals surface area contributed by atoms with Gasteiger partial charge in [0.25, 0.3) is 0 Å². The van der Waals surface area contributed by atoms with Crippen LogP contribution in [0.15, 0.2) is 18.2 Å². The summed E-state index contributed by atoms with van der Waals surface area (Å²) < 4.78 is 0. The van der Waals surface area contributed by atoms with Crippen LogP contribution >= 0.6 is 23.2 Å². The predicted molar refractivity (Wildman–Crippen MR) is 78.2 cm³/mol. The fourth-order valence-corrected chi connectivity index (χ4v) is 3.26. The van der Waals surface area contributed by atoms with Gasteiger partial charge in [-0.25, -0.2) is 0 Å². The summed E-state index contributed by atoms with van der Waals surface area (Å²) in [6.07, 6.45) is 2.50. The first-order chi connectivity index (χ1) is 8.65. The third kappa shape index (κ3) is 3.00. The molecule has 1 saturated heterocycles. The van der Waals surface area contributed by atoms with Crippen LogP contribution in [0, 0.1) is 5.92 Å². The Bertz CT molecular complexity index is 409. The van der Waals surface area contributed by atoms with Crippen molar-refractivity contribution < 1.29 is 0 Å². The number of benzene rings is 1. The van der Waals surface area contributed by atoms with Crippen molar-refractivity contribution in [3.8, 4) is 0 Å². The fourth-order valence-electron chi connectivity index (χ4n) is 2.72. The zero-order valence-corrected chi connectivity index (χ0v) is 12.2. The summed E-state index contributed by atoms with van der Waals surface area (Å²) in [7, 11) is 0. The molecule has 1 aliphatic heterocycles. The minimum Gasteiger partial charge on any atom is -0.329 e. The highest BCUT2D eigenvalue weighted by atomic mass is 35.5. The second kappa shape index (κ2) is 6.25. The lowest BCUT2D eigenvalue weighted by Crippen LogP contribution is -2.32. The van der Waals surface area contributed by atoms with Gasteiger partial charge in [-0.2, -0.15) is 0 Å². The number of hydrogen-bond acceptors (Lipinski definition) is 2. The number of halogens is 2. The van der Waals surface area contributed by atoms with Gasteiger partial charge < -0.3 is 5.73 Å². The molecule has 2 N–H and O–H groups in total. The summed E-state index contributed by atoms with van der Waals surface area (Å²) in [5.41, 5.74) is 7.04. The Morgan fingerprint density at radius 1 is 1.44 bits per heavy atom. The standard InChI is InChI=1S/C14H20Cl2N2/c1-2-10-5-6-18(9-10)14(8-17)12-4-3-11(15)7-13(12)16/h3-4,7,10,14H,2,5-6,8-9,17H2,1H3. The number of hydrogen-bond donors (Lipinski definition) is 1. The molecule has 0 aliphatic carbocycles. The van der Waals surface area contributed by atoms with Gasteiger partial charge >= 0.3 is 0 Å². The Kier molecular flexibility index (Phi) is 4.91.